The van der Waals surface area contributed by atoms with Crippen molar-refractivity contribution < 1.29 is 19.1 Å². The predicted octanol–water partition coefficient (Wildman–Crippen LogP) is 3.09. The van der Waals surface area contributed by atoms with Gasteiger partial charge in [-0.25, -0.2) is 0 Å². The van der Waals surface area contributed by atoms with Crippen molar-refractivity contribution in [2.24, 2.45) is 29.1 Å². The molecule has 0 radical (unpaired) electrons. The van der Waals surface area contributed by atoms with E-state index < -0.39 is 11.4 Å². The predicted molar refractivity (Wildman–Crippen MR) is 105 cm³/mol. The van der Waals surface area contributed by atoms with Gasteiger partial charge in [0.05, 0.1) is 18.7 Å². The van der Waals surface area contributed by atoms with E-state index in [-0.39, 0.29) is 49.3 Å². The molecular formula is C23H24N2O4. The van der Waals surface area contributed by atoms with Crippen LogP contribution in [0.3, 0.4) is 0 Å². The van der Waals surface area contributed by atoms with E-state index in [1.54, 1.807) is 6.08 Å². The Morgan fingerprint density at radius 2 is 1.93 bits per heavy atom. The van der Waals surface area contributed by atoms with Crippen molar-refractivity contribution in [1.82, 2.24) is 0 Å². The second kappa shape index (κ2) is 9.76. The Morgan fingerprint density at radius 1 is 1.24 bits per heavy atom. The first kappa shape index (κ1) is 22.0. The van der Waals surface area contributed by atoms with E-state index in [0.29, 0.717) is 5.57 Å². The molecule has 29 heavy (non-hydrogen) atoms. The maximum absolute atomic E-state index is 11.3. The molecule has 2 aliphatic carbocycles. The Labute approximate surface area is 171 Å². The number of rotatable bonds is 7. The van der Waals surface area contributed by atoms with Gasteiger partial charge in [0.15, 0.2) is 12.0 Å². The standard InChI is InChI=1S/C23H24N2O4/c1-4-19(13-29-17(3)27)22-20-8-7-18(11-20)12-21(22)23(14-24,15-25)9-5-6-10-28-16(2)26/h4,7-8,12,18-20,22H,1,9-11,13H2,2-3H3/t18-,19?,20+,22-/m0/s1. The second-order valence-electron chi connectivity index (χ2n) is 7.24. The molecule has 0 heterocycles. The summed E-state index contributed by atoms with van der Waals surface area (Å²) < 4.78 is 9.99. The molecule has 0 aromatic carbocycles. The highest BCUT2D eigenvalue weighted by Crippen LogP contribution is 2.50. The van der Waals surface area contributed by atoms with Crippen LogP contribution in [0, 0.1) is 63.6 Å². The van der Waals surface area contributed by atoms with Crippen molar-refractivity contribution in [1.29, 1.82) is 10.5 Å². The number of carbonyl (C=O) groups is 2. The van der Waals surface area contributed by atoms with Gasteiger partial charge in [-0.2, -0.15) is 10.5 Å². The number of hydrogen-bond donors (Lipinski definition) is 0. The Bertz CT molecular complexity index is 861. The van der Waals surface area contributed by atoms with E-state index in [0.717, 1.165) is 6.42 Å². The zero-order valence-electron chi connectivity index (χ0n) is 16.7. The van der Waals surface area contributed by atoms with Crippen LogP contribution in [0.15, 0.2) is 36.5 Å². The van der Waals surface area contributed by atoms with Gasteiger partial charge in [0, 0.05) is 26.2 Å². The third-order valence-corrected chi connectivity index (χ3v) is 5.31. The Morgan fingerprint density at radius 3 is 2.52 bits per heavy atom. The van der Waals surface area contributed by atoms with Crippen LogP contribution < -0.4 is 0 Å². The van der Waals surface area contributed by atoms with Crippen LogP contribution in [0.5, 0.6) is 0 Å². The minimum atomic E-state index is -1.44. The van der Waals surface area contributed by atoms with Gasteiger partial charge in [-0.05, 0) is 29.7 Å². The second-order valence-corrected chi connectivity index (χ2v) is 7.24. The molecule has 0 saturated heterocycles. The average molecular weight is 392 g/mol. The number of ether oxygens (including phenoxy) is 2. The normalized spacial score (nSPS) is 22.8. The highest BCUT2D eigenvalue weighted by Gasteiger charge is 2.47. The molecule has 0 saturated carbocycles. The topological polar surface area (TPSA) is 100 Å². The van der Waals surface area contributed by atoms with Gasteiger partial charge in [0.25, 0.3) is 0 Å². The van der Waals surface area contributed by atoms with Crippen molar-refractivity contribution in [3.8, 4) is 24.0 Å². The lowest BCUT2D eigenvalue weighted by Crippen LogP contribution is -2.36. The summed E-state index contributed by atoms with van der Waals surface area (Å²) in [6.45, 7) is 6.57. The highest BCUT2D eigenvalue weighted by atomic mass is 16.5. The minimum absolute atomic E-state index is 0.000463. The van der Waals surface area contributed by atoms with E-state index in [1.165, 1.54) is 13.8 Å². The molecule has 0 aromatic rings. The lowest BCUT2D eigenvalue weighted by atomic mass is 9.63. The van der Waals surface area contributed by atoms with Crippen LogP contribution >= 0.6 is 0 Å². The maximum Gasteiger partial charge on any atom is 0.303 e. The SMILES string of the molecule is C=CC(COC(C)=O)[C@@H]1C(C(C#N)(C#N)CC#CCOC(C)=O)=C[C@H]2C=C[C@@H]1C2. The van der Waals surface area contributed by atoms with Crippen LogP contribution in [-0.2, 0) is 19.1 Å². The quantitative estimate of drug-likeness (QED) is 0.375. The molecule has 0 fully saturated rings. The molecule has 1 unspecified atom stereocenters. The molecule has 2 aliphatic rings. The summed E-state index contributed by atoms with van der Waals surface area (Å²) in [5, 5.41) is 19.9. The molecular weight excluding hydrogens is 368 g/mol. The summed E-state index contributed by atoms with van der Waals surface area (Å²) in [7, 11) is 0. The fraction of sp³-hybridized carbons (Fsp3) is 0.478. The van der Waals surface area contributed by atoms with E-state index in [2.05, 4.69) is 42.7 Å². The van der Waals surface area contributed by atoms with E-state index >= 15 is 0 Å². The number of esters is 2. The molecule has 4 atom stereocenters. The summed E-state index contributed by atoms with van der Waals surface area (Å²) >= 11 is 0. The van der Waals surface area contributed by atoms with Gasteiger partial charge in [-0.1, -0.05) is 36.1 Å². The molecule has 0 aliphatic heterocycles. The fourth-order valence-corrected chi connectivity index (χ4v) is 3.94. The summed E-state index contributed by atoms with van der Waals surface area (Å²) in [4.78, 5) is 22.2. The number of nitrogens with zero attached hydrogens (tertiary/aromatic N) is 2. The van der Waals surface area contributed by atoms with Crippen molar-refractivity contribution in [2.75, 3.05) is 13.2 Å². The van der Waals surface area contributed by atoms with Crippen LogP contribution in [0.4, 0.5) is 0 Å². The molecule has 0 spiro atoms. The molecule has 150 valence electrons. The van der Waals surface area contributed by atoms with E-state index in [9.17, 15) is 20.1 Å². The maximum atomic E-state index is 11.3. The Kier molecular flexibility index (Phi) is 7.40. The minimum Gasteiger partial charge on any atom is -0.465 e. The van der Waals surface area contributed by atoms with Crippen molar-refractivity contribution in [3.05, 3.63) is 36.5 Å². The third-order valence-electron chi connectivity index (χ3n) is 5.31. The molecule has 0 N–H and O–H groups in total. The van der Waals surface area contributed by atoms with Crippen molar-refractivity contribution >= 4 is 11.9 Å². The molecule has 0 amide bonds. The van der Waals surface area contributed by atoms with E-state index in [4.69, 9.17) is 9.47 Å². The van der Waals surface area contributed by atoms with E-state index in [1.807, 2.05) is 6.08 Å². The monoisotopic (exact) mass is 392 g/mol. The lowest BCUT2D eigenvalue weighted by Gasteiger charge is -2.38. The first-order valence-electron chi connectivity index (χ1n) is 9.45. The largest absolute Gasteiger partial charge is 0.465 e. The van der Waals surface area contributed by atoms with Gasteiger partial charge in [-0.15, -0.1) is 6.58 Å². The average Bonchev–Trinajstić information content (AvgIpc) is 3.07. The first-order chi connectivity index (χ1) is 13.9. The van der Waals surface area contributed by atoms with Gasteiger partial charge in [0.2, 0.25) is 0 Å². The van der Waals surface area contributed by atoms with Gasteiger partial charge >= 0.3 is 11.9 Å². The number of nitriles is 2. The molecule has 2 bridgehead atoms. The highest BCUT2D eigenvalue weighted by molar-refractivity contribution is 5.66. The fourth-order valence-electron chi connectivity index (χ4n) is 3.94. The van der Waals surface area contributed by atoms with Crippen molar-refractivity contribution in [2.45, 2.75) is 26.7 Å². The number of carbonyl (C=O) groups excluding carboxylic acids is 2. The lowest BCUT2D eigenvalue weighted by molar-refractivity contribution is -0.142. The zero-order chi connectivity index (χ0) is 21.4. The zero-order valence-corrected chi connectivity index (χ0v) is 16.7. The third kappa shape index (κ3) is 5.15. The summed E-state index contributed by atoms with van der Waals surface area (Å²) in [6, 6.07) is 4.34. The number of hydrogen-bond acceptors (Lipinski definition) is 6. The smallest absolute Gasteiger partial charge is 0.303 e. The van der Waals surface area contributed by atoms with Crippen LogP contribution in [0.1, 0.15) is 26.7 Å². The van der Waals surface area contributed by atoms with Crippen LogP contribution in [0.25, 0.3) is 0 Å². The molecule has 6 nitrogen and oxygen atoms in total. The van der Waals surface area contributed by atoms with Gasteiger partial charge in [0.1, 0.15) is 0 Å². The van der Waals surface area contributed by atoms with Crippen molar-refractivity contribution in [3.63, 3.8) is 0 Å². The Balaban J connectivity index is 2.35. The summed E-state index contributed by atoms with van der Waals surface area (Å²) in [6.07, 6.45) is 8.79. The first-order valence-corrected chi connectivity index (χ1v) is 9.45. The molecule has 6 heteroatoms. The van der Waals surface area contributed by atoms with Gasteiger partial charge < -0.3 is 9.47 Å². The summed E-state index contributed by atoms with van der Waals surface area (Å²) in [5.41, 5.74) is -0.735. The van der Waals surface area contributed by atoms with Crippen LogP contribution in [0.2, 0.25) is 0 Å². The Hall–Kier alpha value is -3.30. The number of allylic oxidation sites excluding steroid dienone is 4. The van der Waals surface area contributed by atoms with Gasteiger partial charge in [-0.3, -0.25) is 9.59 Å². The summed E-state index contributed by atoms with van der Waals surface area (Å²) in [5.74, 6) is 4.56. The van der Waals surface area contributed by atoms with Crippen LogP contribution in [-0.4, -0.2) is 25.2 Å². The number of fused-ring (bicyclic) bond motifs is 2. The molecule has 2 rings (SSSR count). The molecule has 0 aromatic heterocycles.